The number of benzene rings is 2. The average molecular weight is 372 g/mol. The number of thioether (sulfide) groups is 1. The molecule has 26 heavy (non-hydrogen) atoms. The molecule has 5 heteroatoms. The van der Waals surface area contributed by atoms with Gasteiger partial charge in [-0.2, -0.15) is 0 Å². The van der Waals surface area contributed by atoms with E-state index in [1.807, 2.05) is 50.2 Å². The SMILES string of the molecule is COc1ccc2c(c1)C(NC(=O)CCSc1ccccc1)CC(C)(C)O2. The maximum Gasteiger partial charge on any atom is 0.221 e. The summed E-state index contributed by atoms with van der Waals surface area (Å²) in [6.07, 6.45) is 1.21. The Balaban J connectivity index is 1.63. The summed E-state index contributed by atoms with van der Waals surface area (Å²) < 4.78 is 11.4. The largest absolute Gasteiger partial charge is 0.497 e. The first-order valence-corrected chi connectivity index (χ1v) is 9.79. The van der Waals surface area contributed by atoms with Crippen molar-refractivity contribution in [2.45, 2.75) is 43.2 Å². The smallest absolute Gasteiger partial charge is 0.221 e. The Labute approximate surface area is 159 Å². The predicted octanol–water partition coefficient (Wildman–Crippen LogP) is 4.60. The molecule has 1 aliphatic rings. The first-order valence-electron chi connectivity index (χ1n) is 8.81. The molecule has 1 N–H and O–H groups in total. The second-order valence-electron chi connectivity index (χ2n) is 7.00. The molecule has 0 radical (unpaired) electrons. The monoisotopic (exact) mass is 371 g/mol. The zero-order valence-corrected chi connectivity index (χ0v) is 16.3. The van der Waals surface area contributed by atoms with Crippen LogP contribution >= 0.6 is 11.8 Å². The molecular formula is C21H25NO3S. The highest BCUT2D eigenvalue weighted by Gasteiger charge is 2.34. The number of carbonyl (C=O) groups excluding carboxylic acids is 1. The summed E-state index contributed by atoms with van der Waals surface area (Å²) in [5.74, 6) is 2.40. The van der Waals surface area contributed by atoms with Crippen LogP contribution in [0.5, 0.6) is 11.5 Å². The molecule has 1 aliphatic heterocycles. The Kier molecular flexibility index (Phi) is 5.77. The lowest BCUT2D eigenvalue weighted by Crippen LogP contribution is -2.41. The van der Waals surface area contributed by atoms with Crippen molar-refractivity contribution in [2.24, 2.45) is 0 Å². The van der Waals surface area contributed by atoms with Gasteiger partial charge in [-0.05, 0) is 44.2 Å². The Morgan fingerprint density at radius 2 is 2.04 bits per heavy atom. The third-order valence-electron chi connectivity index (χ3n) is 4.35. The van der Waals surface area contributed by atoms with Crippen LogP contribution < -0.4 is 14.8 Å². The van der Waals surface area contributed by atoms with Crippen LogP contribution in [0.25, 0.3) is 0 Å². The Morgan fingerprint density at radius 1 is 1.27 bits per heavy atom. The molecule has 0 spiro atoms. The molecule has 0 aromatic heterocycles. The number of carbonyl (C=O) groups is 1. The van der Waals surface area contributed by atoms with Crippen LogP contribution in [-0.4, -0.2) is 24.4 Å². The second kappa shape index (κ2) is 8.04. The van der Waals surface area contributed by atoms with Gasteiger partial charge in [-0.1, -0.05) is 18.2 Å². The van der Waals surface area contributed by atoms with Crippen molar-refractivity contribution in [2.75, 3.05) is 12.9 Å². The summed E-state index contributed by atoms with van der Waals surface area (Å²) in [7, 11) is 1.64. The fourth-order valence-corrected chi connectivity index (χ4v) is 4.01. The number of ether oxygens (including phenoxy) is 2. The van der Waals surface area contributed by atoms with E-state index < -0.39 is 0 Å². The lowest BCUT2D eigenvalue weighted by Gasteiger charge is -2.38. The van der Waals surface area contributed by atoms with Crippen LogP contribution in [0.15, 0.2) is 53.4 Å². The number of hydrogen-bond donors (Lipinski definition) is 1. The van der Waals surface area contributed by atoms with E-state index in [1.54, 1.807) is 18.9 Å². The van der Waals surface area contributed by atoms with Crippen LogP contribution in [0.4, 0.5) is 0 Å². The van der Waals surface area contributed by atoms with E-state index in [1.165, 1.54) is 4.90 Å². The summed E-state index contributed by atoms with van der Waals surface area (Å²) >= 11 is 1.70. The molecule has 0 aliphatic carbocycles. The van der Waals surface area contributed by atoms with Gasteiger partial charge in [-0.15, -0.1) is 11.8 Å². The van der Waals surface area contributed by atoms with Crippen molar-refractivity contribution in [1.82, 2.24) is 5.32 Å². The quantitative estimate of drug-likeness (QED) is 0.754. The van der Waals surface area contributed by atoms with Crippen LogP contribution in [-0.2, 0) is 4.79 Å². The van der Waals surface area contributed by atoms with Crippen molar-refractivity contribution < 1.29 is 14.3 Å². The number of methoxy groups -OCH3 is 1. The van der Waals surface area contributed by atoms with E-state index >= 15 is 0 Å². The lowest BCUT2D eigenvalue weighted by atomic mass is 9.89. The molecule has 0 fully saturated rings. The van der Waals surface area contributed by atoms with E-state index in [4.69, 9.17) is 9.47 Å². The van der Waals surface area contributed by atoms with Gasteiger partial charge in [0.2, 0.25) is 5.91 Å². The highest BCUT2D eigenvalue weighted by molar-refractivity contribution is 7.99. The molecule has 4 nitrogen and oxygen atoms in total. The molecular weight excluding hydrogens is 346 g/mol. The lowest BCUT2D eigenvalue weighted by molar-refractivity contribution is -0.121. The van der Waals surface area contributed by atoms with Crippen molar-refractivity contribution in [3.63, 3.8) is 0 Å². The molecule has 0 saturated carbocycles. The summed E-state index contributed by atoms with van der Waals surface area (Å²) in [4.78, 5) is 13.7. The summed E-state index contributed by atoms with van der Waals surface area (Å²) in [6, 6.07) is 15.8. The van der Waals surface area contributed by atoms with Gasteiger partial charge in [0.1, 0.15) is 17.1 Å². The van der Waals surface area contributed by atoms with E-state index in [-0.39, 0.29) is 17.6 Å². The summed E-state index contributed by atoms with van der Waals surface area (Å²) in [5, 5.41) is 3.18. The van der Waals surface area contributed by atoms with Crippen molar-refractivity contribution in [1.29, 1.82) is 0 Å². The number of hydrogen-bond acceptors (Lipinski definition) is 4. The average Bonchev–Trinajstić information content (AvgIpc) is 2.61. The minimum atomic E-state index is -0.321. The van der Waals surface area contributed by atoms with Crippen molar-refractivity contribution in [3.8, 4) is 11.5 Å². The molecule has 1 amide bonds. The number of fused-ring (bicyclic) bond motifs is 1. The highest BCUT2D eigenvalue weighted by Crippen LogP contribution is 2.41. The van der Waals surface area contributed by atoms with Gasteiger partial charge in [0.05, 0.1) is 13.2 Å². The van der Waals surface area contributed by atoms with Gasteiger partial charge >= 0.3 is 0 Å². The van der Waals surface area contributed by atoms with E-state index in [0.717, 1.165) is 29.2 Å². The molecule has 3 rings (SSSR count). The van der Waals surface area contributed by atoms with Crippen molar-refractivity contribution >= 4 is 17.7 Å². The Hall–Kier alpha value is -2.14. The molecule has 0 saturated heterocycles. The maximum absolute atomic E-state index is 12.5. The molecule has 2 aromatic rings. The molecule has 1 atom stereocenters. The Bertz CT molecular complexity index is 761. The molecule has 1 unspecified atom stereocenters. The normalized spacial score (nSPS) is 17.7. The fourth-order valence-electron chi connectivity index (χ4n) is 3.13. The zero-order chi connectivity index (χ0) is 18.6. The second-order valence-corrected chi connectivity index (χ2v) is 8.17. The van der Waals surface area contributed by atoms with Gasteiger partial charge in [0.25, 0.3) is 0 Å². The standard InChI is InChI=1S/C21H25NO3S/c1-21(2)14-18(17-13-15(24-3)9-10-19(17)25-21)22-20(23)11-12-26-16-7-5-4-6-8-16/h4-10,13,18H,11-12,14H2,1-3H3,(H,22,23). The zero-order valence-electron chi connectivity index (χ0n) is 15.5. The van der Waals surface area contributed by atoms with Gasteiger partial charge in [-0.25, -0.2) is 0 Å². The molecule has 138 valence electrons. The minimum absolute atomic E-state index is 0.0601. The van der Waals surface area contributed by atoms with Gasteiger partial charge < -0.3 is 14.8 Å². The molecule has 2 aromatic carbocycles. The van der Waals surface area contributed by atoms with Gasteiger partial charge in [0, 0.05) is 29.1 Å². The van der Waals surface area contributed by atoms with Crippen LogP contribution in [0.3, 0.4) is 0 Å². The number of amides is 1. The maximum atomic E-state index is 12.5. The predicted molar refractivity (Wildman–Crippen MR) is 105 cm³/mol. The number of rotatable bonds is 6. The first-order chi connectivity index (χ1) is 12.5. The van der Waals surface area contributed by atoms with Gasteiger partial charge in [-0.3, -0.25) is 4.79 Å². The van der Waals surface area contributed by atoms with Crippen LogP contribution in [0, 0.1) is 0 Å². The van der Waals surface area contributed by atoms with Crippen molar-refractivity contribution in [3.05, 3.63) is 54.1 Å². The summed E-state index contributed by atoms with van der Waals surface area (Å²) in [5.41, 5.74) is 0.658. The third kappa shape index (κ3) is 4.73. The fraction of sp³-hybridized carbons (Fsp3) is 0.381. The number of nitrogens with one attached hydrogen (secondary N) is 1. The topological polar surface area (TPSA) is 47.6 Å². The van der Waals surface area contributed by atoms with Crippen LogP contribution in [0.2, 0.25) is 0 Å². The summed E-state index contributed by atoms with van der Waals surface area (Å²) in [6.45, 7) is 4.09. The van der Waals surface area contributed by atoms with Crippen LogP contribution in [0.1, 0.15) is 38.3 Å². The molecule has 1 heterocycles. The minimum Gasteiger partial charge on any atom is -0.497 e. The van der Waals surface area contributed by atoms with E-state index in [2.05, 4.69) is 17.4 Å². The van der Waals surface area contributed by atoms with E-state index in [0.29, 0.717) is 6.42 Å². The van der Waals surface area contributed by atoms with E-state index in [9.17, 15) is 4.79 Å². The molecule has 0 bridgehead atoms. The highest BCUT2D eigenvalue weighted by atomic mass is 32.2. The van der Waals surface area contributed by atoms with Gasteiger partial charge in [0.15, 0.2) is 0 Å². The third-order valence-corrected chi connectivity index (χ3v) is 5.36. The first kappa shape index (κ1) is 18.6. The Morgan fingerprint density at radius 3 is 2.77 bits per heavy atom.